The molecule has 0 aliphatic rings. The van der Waals surface area contributed by atoms with Crippen LogP contribution in [0.3, 0.4) is 0 Å². The van der Waals surface area contributed by atoms with E-state index in [2.05, 4.69) is 15.0 Å². The summed E-state index contributed by atoms with van der Waals surface area (Å²) in [7, 11) is 0.996. The lowest BCUT2D eigenvalue weighted by Gasteiger charge is -2.14. The quantitative estimate of drug-likeness (QED) is 0.588. The smallest absolute Gasteiger partial charge is 0.253 e. The van der Waals surface area contributed by atoms with Crippen LogP contribution in [0.1, 0.15) is 0 Å². The van der Waals surface area contributed by atoms with Crippen LogP contribution < -0.4 is 24.8 Å². The maximum atomic E-state index is 11.6. The Bertz CT molecular complexity index is 880. The van der Waals surface area contributed by atoms with E-state index in [1.54, 1.807) is 49.6 Å². The third kappa shape index (κ3) is 5.55. The van der Waals surface area contributed by atoms with Gasteiger partial charge in [-0.2, -0.15) is 0 Å². The van der Waals surface area contributed by atoms with Crippen molar-refractivity contribution in [3.63, 3.8) is 0 Å². The second-order valence-corrected chi connectivity index (χ2v) is 6.87. The Labute approximate surface area is 152 Å². The van der Waals surface area contributed by atoms with Crippen molar-refractivity contribution in [3.8, 4) is 17.2 Å². The number of guanidine groups is 1. The van der Waals surface area contributed by atoms with E-state index in [4.69, 9.17) is 14.2 Å². The van der Waals surface area contributed by atoms with E-state index >= 15 is 0 Å². The number of methoxy groups -OCH3 is 3. The van der Waals surface area contributed by atoms with Crippen LogP contribution in [0, 0.1) is 0 Å². The van der Waals surface area contributed by atoms with Crippen LogP contribution in [0.4, 0.5) is 11.4 Å². The molecule has 0 aliphatic heterocycles. The van der Waals surface area contributed by atoms with Crippen LogP contribution in [-0.2, 0) is 10.0 Å². The van der Waals surface area contributed by atoms with Gasteiger partial charge < -0.3 is 24.8 Å². The Morgan fingerprint density at radius 2 is 1.42 bits per heavy atom. The Balaban J connectivity index is 2.29. The van der Waals surface area contributed by atoms with Gasteiger partial charge in [0.15, 0.2) is 11.5 Å². The summed E-state index contributed by atoms with van der Waals surface area (Å²) in [6.45, 7) is 0. The molecule has 2 N–H and O–H groups in total. The van der Waals surface area contributed by atoms with Crippen LogP contribution in [0.5, 0.6) is 17.2 Å². The Morgan fingerprint density at radius 1 is 0.846 bits per heavy atom. The highest BCUT2D eigenvalue weighted by atomic mass is 32.2. The number of sulfonamides is 1. The second kappa shape index (κ2) is 8.43. The van der Waals surface area contributed by atoms with Crippen molar-refractivity contribution in [1.29, 1.82) is 0 Å². The maximum absolute atomic E-state index is 11.6. The van der Waals surface area contributed by atoms with Gasteiger partial charge in [0.2, 0.25) is 5.96 Å². The zero-order valence-electron chi connectivity index (χ0n) is 14.9. The number of nitrogens with one attached hydrogen (secondary N) is 2. The molecular weight excluding hydrogens is 358 g/mol. The van der Waals surface area contributed by atoms with Crippen LogP contribution in [0.2, 0.25) is 0 Å². The zero-order chi connectivity index (χ0) is 19.2. The van der Waals surface area contributed by atoms with E-state index in [-0.39, 0.29) is 5.96 Å². The van der Waals surface area contributed by atoms with Gasteiger partial charge in [0.05, 0.1) is 27.6 Å². The van der Waals surface area contributed by atoms with Crippen LogP contribution in [-0.4, -0.2) is 42.0 Å². The number of ether oxygens (including phenoxy) is 3. The molecule has 0 radical (unpaired) electrons. The first-order valence-corrected chi connectivity index (χ1v) is 9.39. The molecule has 9 heteroatoms. The topological polar surface area (TPSA) is 98.2 Å². The molecule has 0 fully saturated rings. The molecular formula is C17H21N3O5S. The third-order valence-corrected chi connectivity index (χ3v) is 3.77. The molecule has 0 heterocycles. The summed E-state index contributed by atoms with van der Waals surface area (Å²) in [6.07, 6.45) is 1.01. The summed E-state index contributed by atoms with van der Waals surface area (Å²) in [4.78, 5) is 0. The molecule has 2 aromatic rings. The van der Waals surface area contributed by atoms with Crippen molar-refractivity contribution in [1.82, 2.24) is 0 Å². The number of nitrogens with zero attached hydrogens (tertiary/aromatic N) is 1. The van der Waals surface area contributed by atoms with Gasteiger partial charge >= 0.3 is 0 Å². The van der Waals surface area contributed by atoms with Crippen molar-refractivity contribution in [2.45, 2.75) is 0 Å². The van der Waals surface area contributed by atoms with Gasteiger partial charge in [-0.15, -0.1) is 4.40 Å². The summed E-state index contributed by atoms with van der Waals surface area (Å²) in [5.41, 5.74) is 1.22. The first-order chi connectivity index (χ1) is 12.3. The van der Waals surface area contributed by atoms with E-state index < -0.39 is 10.0 Å². The van der Waals surface area contributed by atoms with Gasteiger partial charge in [0, 0.05) is 17.4 Å². The molecule has 0 saturated heterocycles. The van der Waals surface area contributed by atoms with Gasteiger partial charge in [-0.25, -0.2) is 8.42 Å². The molecule has 0 aromatic heterocycles. The van der Waals surface area contributed by atoms with Crippen molar-refractivity contribution in [3.05, 3.63) is 42.5 Å². The average Bonchev–Trinajstić information content (AvgIpc) is 2.60. The highest BCUT2D eigenvalue weighted by Gasteiger charge is 2.09. The van der Waals surface area contributed by atoms with Gasteiger partial charge in [-0.1, -0.05) is 0 Å². The molecule has 0 saturated carbocycles. The Kier molecular flexibility index (Phi) is 6.29. The van der Waals surface area contributed by atoms with Crippen molar-refractivity contribution in [2.24, 2.45) is 4.40 Å². The monoisotopic (exact) mass is 379 g/mol. The molecule has 140 valence electrons. The molecule has 2 aromatic carbocycles. The van der Waals surface area contributed by atoms with Crippen molar-refractivity contribution >= 4 is 27.4 Å². The van der Waals surface area contributed by atoms with E-state index in [9.17, 15) is 8.42 Å². The minimum Gasteiger partial charge on any atom is -0.497 e. The van der Waals surface area contributed by atoms with E-state index in [0.29, 0.717) is 28.6 Å². The predicted molar refractivity (Wildman–Crippen MR) is 102 cm³/mol. The predicted octanol–water partition coefficient (Wildman–Crippen LogP) is 2.55. The lowest BCUT2D eigenvalue weighted by Crippen LogP contribution is -2.23. The number of benzene rings is 2. The molecule has 0 unspecified atom stereocenters. The molecule has 26 heavy (non-hydrogen) atoms. The normalized spacial score (nSPS) is 11.6. The highest BCUT2D eigenvalue weighted by Crippen LogP contribution is 2.29. The maximum Gasteiger partial charge on any atom is 0.253 e. The van der Waals surface area contributed by atoms with Crippen LogP contribution in [0.15, 0.2) is 46.9 Å². The van der Waals surface area contributed by atoms with Gasteiger partial charge in [0.25, 0.3) is 10.0 Å². The first kappa shape index (κ1) is 19.4. The van der Waals surface area contributed by atoms with Crippen LogP contribution in [0.25, 0.3) is 0 Å². The van der Waals surface area contributed by atoms with E-state index in [1.807, 2.05) is 0 Å². The molecule has 0 spiro atoms. The molecule has 2 rings (SSSR count). The summed E-state index contributed by atoms with van der Waals surface area (Å²) in [5.74, 6) is 1.79. The fourth-order valence-electron chi connectivity index (χ4n) is 2.10. The zero-order valence-corrected chi connectivity index (χ0v) is 15.8. The summed E-state index contributed by atoms with van der Waals surface area (Å²) < 4.78 is 42.5. The van der Waals surface area contributed by atoms with Gasteiger partial charge in [-0.3, -0.25) is 0 Å². The number of rotatable bonds is 6. The summed E-state index contributed by atoms with van der Waals surface area (Å²) >= 11 is 0. The Morgan fingerprint density at radius 3 is 1.96 bits per heavy atom. The van der Waals surface area contributed by atoms with Gasteiger partial charge in [0.1, 0.15) is 5.75 Å². The molecule has 0 aliphatic carbocycles. The standard InChI is InChI=1S/C17H21N3O5S/c1-23-14-8-5-12(6-9-14)18-17(20-26(4,21)22)19-13-7-10-15(24-2)16(11-13)25-3/h5-11H,1-4H3,(H2,18,19,20). The molecule has 0 bridgehead atoms. The average molecular weight is 379 g/mol. The summed E-state index contributed by atoms with van der Waals surface area (Å²) in [5, 5.41) is 5.87. The van der Waals surface area contributed by atoms with E-state index in [0.717, 1.165) is 6.26 Å². The third-order valence-electron chi connectivity index (χ3n) is 3.26. The number of anilines is 2. The first-order valence-electron chi connectivity index (χ1n) is 7.54. The minimum atomic E-state index is -3.62. The minimum absolute atomic E-state index is 0.0462. The SMILES string of the molecule is COc1ccc(N/C(=N/S(C)(=O)=O)Nc2ccc(OC)c(OC)c2)cc1. The lowest BCUT2D eigenvalue weighted by atomic mass is 10.2. The molecule has 0 amide bonds. The fourth-order valence-corrected chi connectivity index (χ4v) is 2.53. The van der Waals surface area contributed by atoms with Crippen molar-refractivity contribution < 1.29 is 22.6 Å². The molecule has 8 nitrogen and oxygen atoms in total. The number of hydrogen-bond donors (Lipinski definition) is 2. The molecule has 0 atom stereocenters. The summed E-state index contributed by atoms with van der Waals surface area (Å²) in [6, 6.07) is 12.1. The highest BCUT2D eigenvalue weighted by molar-refractivity contribution is 7.89. The van der Waals surface area contributed by atoms with Crippen LogP contribution >= 0.6 is 0 Å². The largest absolute Gasteiger partial charge is 0.497 e. The van der Waals surface area contributed by atoms with Crippen molar-refractivity contribution in [2.75, 3.05) is 38.2 Å². The number of hydrogen-bond acceptors (Lipinski definition) is 5. The second-order valence-electron chi connectivity index (χ2n) is 5.22. The lowest BCUT2D eigenvalue weighted by molar-refractivity contribution is 0.355. The van der Waals surface area contributed by atoms with Gasteiger partial charge in [-0.05, 0) is 36.4 Å². The van der Waals surface area contributed by atoms with E-state index in [1.165, 1.54) is 14.2 Å². The fraction of sp³-hybridized carbons (Fsp3) is 0.235. The Hall–Kier alpha value is -2.94.